The number of piperidine rings is 1. The first-order valence-corrected chi connectivity index (χ1v) is 9.76. The lowest BCUT2D eigenvalue weighted by atomic mass is 9.96. The van der Waals surface area contributed by atoms with E-state index < -0.39 is 0 Å². The number of nitrogens with one attached hydrogen (secondary N) is 1. The Labute approximate surface area is 160 Å². The van der Waals surface area contributed by atoms with Crippen molar-refractivity contribution < 1.29 is 9.47 Å². The van der Waals surface area contributed by atoms with Gasteiger partial charge in [-0.05, 0) is 49.6 Å². The fourth-order valence-electron chi connectivity index (χ4n) is 3.70. The summed E-state index contributed by atoms with van der Waals surface area (Å²) >= 11 is 6.32. The molecule has 4 nitrogen and oxygen atoms in total. The molecular weight excluding hydrogens is 348 g/mol. The second-order valence-corrected chi connectivity index (χ2v) is 7.44. The molecule has 2 aliphatic rings. The zero-order chi connectivity index (χ0) is 17.8. The van der Waals surface area contributed by atoms with E-state index in [1.165, 1.54) is 12.8 Å². The van der Waals surface area contributed by atoms with Crippen molar-refractivity contribution in [3.63, 3.8) is 0 Å². The average molecular weight is 373 g/mol. The maximum absolute atomic E-state index is 6.32. The smallest absolute Gasteiger partial charge is 0.161 e. The van der Waals surface area contributed by atoms with E-state index in [1.807, 2.05) is 36.4 Å². The molecule has 0 unspecified atom stereocenters. The first-order chi connectivity index (χ1) is 12.8. The highest BCUT2D eigenvalue weighted by Gasteiger charge is 2.23. The molecule has 4 rings (SSSR count). The molecule has 1 atom stereocenters. The number of halogens is 1. The van der Waals surface area contributed by atoms with Gasteiger partial charge in [-0.1, -0.05) is 35.9 Å². The number of anilines is 1. The molecule has 2 aromatic carbocycles. The second kappa shape index (κ2) is 8.19. The Bertz CT molecular complexity index is 731. The number of fused-ring (bicyclic) bond motifs is 1. The topological polar surface area (TPSA) is 33.7 Å². The van der Waals surface area contributed by atoms with Gasteiger partial charge in [0.1, 0.15) is 12.7 Å². The highest BCUT2D eigenvalue weighted by Crippen LogP contribution is 2.31. The van der Waals surface area contributed by atoms with Gasteiger partial charge in [0.2, 0.25) is 0 Å². The van der Waals surface area contributed by atoms with Crippen LogP contribution in [0.15, 0.2) is 48.5 Å². The minimum atomic E-state index is 0.0770. The number of ether oxygens (including phenoxy) is 2. The van der Waals surface area contributed by atoms with Crippen molar-refractivity contribution in [2.75, 3.05) is 37.7 Å². The molecule has 0 aliphatic carbocycles. The van der Waals surface area contributed by atoms with Crippen LogP contribution in [-0.4, -0.2) is 38.9 Å². The Hall–Kier alpha value is -1.91. The zero-order valence-electron chi connectivity index (χ0n) is 14.9. The first-order valence-electron chi connectivity index (χ1n) is 9.38. The van der Waals surface area contributed by atoms with Crippen molar-refractivity contribution in [3.8, 4) is 11.5 Å². The molecule has 138 valence electrons. The summed E-state index contributed by atoms with van der Waals surface area (Å²) in [7, 11) is 0. The molecule has 26 heavy (non-hydrogen) atoms. The molecular formula is C21H25ClN2O2. The number of hydrogen-bond acceptors (Lipinski definition) is 4. The van der Waals surface area contributed by atoms with Crippen molar-refractivity contribution in [2.45, 2.75) is 18.9 Å². The lowest BCUT2D eigenvalue weighted by Crippen LogP contribution is -2.42. The van der Waals surface area contributed by atoms with Gasteiger partial charge in [0.05, 0.1) is 10.7 Å². The van der Waals surface area contributed by atoms with Crippen LogP contribution in [-0.2, 0) is 0 Å². The number of rotatable bonds is 5. The molecule has 2 aliphatic heterocycles. The molecule has 1 saturated heterocycles. The summed E-state index contributed by atoms with van der Waals surface area (Å²) in [6.45, 7) is 4.57. The average Bonchev–Trinajstić information content (AvgIpc) is 2.69. The van der Waals surface area contributed by atoms with Crippen molar-refractivity contribution in [3.05, 3.63) is 53.6 Å². The normalized spacial score (nSPS) is 20.2. The summed E-state index contributed by atoms with van der Waals surface area (Å²) < 4.78 is 11.8. The number of benzene rings is 2. The Morgan fingerprint density at radius 2 is 1.69 bits per heavy atom. The maximum Gasteiger partial charge on any atom is 0.161 e. The van der Waals surface area contributed by atoms with Gasteiger partial charge in [0.15, 0.2) is 11.5 Å². The quantitative estimate of drug-likeness (QED) is 0.860. The third-order valence-electron chi connectivity index (χ3n) is 5.18. The third-order valence-corrected chi connectivity index (χ3v) is 5.50. The van der Waals surface area contributed by atoms with Crippen molar-refractivity contribution >= 4 is 17.3 Å². The number of para-hydroxylation sites is 3. The van der Waals surface area contributed by atoms with E-state index in [4.69, 9.17) is 21.1 Å². The Morgan fingerprint density at radius 1 is 0.962 bits per heavy atom. The van der Waals surface area contributed by atoms with Gasteiger partial charge in [-0.2, -0.15) is 0 Å². The fourth-order valence-corrected chi connectivity index (χ4v) is 3.95. The summed E-state index contributed by atoms with van der Waals surface area (Å²) in [5, 5.41) is 4.42. The van der Waals surface area contributed by atoms with Gasteiger partial charge in [-0.25, -0.2) is 0 Å². The predicted molar refractivity (Wildman–Crippen MR) is 106 cm³/mol. The van der Waals surface area contributed by atoms with Gasteiger partial charge >= 0.3 is 0 Å². The molecule has 1 fully saturated rings. The highest BCUT2D eigenvalue weighted by molar-refractivity contribution is 6.33. The summed E-state index contributed by atoms with van der Waals surface area (Å²) in [6.07, 6.45) is 2.44. The SMILES string of the molecule is Clc1ccccc1N1CCC(CNC[C@H]2COc3ccccc3O2)CC1. The van der Waals surface area contributed by atoms with Crippen molar-refractivity contribution in [1.29, 1.82) is 0 Å². The van der Waals surface area contributed by atoms with Gasteiger partial charge in [-0.3, -0.25) is 0 Å². The molecule has 0 bridgehead atoms. The largest absolute Gasteiger partial charge is 0.486 e. The second-order valence-electron chi connectivity index (χ2n) is 7.04. The molecule has 5 heteroatoms. The van der Waals surface area contributed by atoms with Crippen LogP contribution in [0.2, 0.25) is 5.02 Å². The van der Waals surface area contributed by atoms with E-state index in [0.717, 1.165) is 48.4 Å². The van der Waals surface area contributed by atoms with Gasteiger partial charge < -0.3 is 19.7 Å². The Morgan fingerprint density at radius 3 is 2.50 bits per heavy atom. The van der Waals surface area contributed by atoms with E-state index >= 15 is 0 Å². The van der Waals surface area contributed by atoms with E-state index in [1.54, 1.807) is 0 Å². The van der Waals surface area contributed by atoms with E-state index in [0.29, 0.717) is 12.5 Å². The monoisotopic (exact) mass is 372 g/mol. The van der Waals surface area contributed by atoms with E-state index in [2.05, 4.69) is 22.3 Å². The minimum Gasteiger partial charge on any atom is -0.486 e. The van der Waals surface area contributed by atoms with E-state index in [-0.39, 0.29) is 6.10 Å². The standard InChI is InChI=1S/C21H25ClN2O2/c22-18-5-1-2-6-19(18)24-11-9-16(10-12-24)13-23-14-17-15-25-20-7-3-4-8-21(20)26-17/h1-8,16-17,23H,9-15H2/t17-/m0/s1. The van der Waals surface area contributed by atoms with Crippen LogP contribution >= 0.6 is 11.6 Å². The molecule has 2 heterocycles. The molecule has 0 amide bonds. The number of hydrogen-bond donors (Lipinski definition) is 1. The van der Waals surface area contributed by atoms with Crippen LogP contribution in [0.3, 0.4) is 0 Å². The van der Waals surface area contributed by atoms with Crippen LogP contribution in [0.5, 0.6) is 11.5 Å². The summed E-state index contributed by atoms with van der Waals surface area (Å²) in [6, 6.07) is 16.0. The molecule has 0 radical (unpaired) electrons. The van der Waals surface area contributed by atoms with Crippen molar-refractivity contribution in [2.24, 2.45) is 5.92 Å². The summed E-state index contributed by atoms with van der Waals surface area (Å²) in [5.74, 6) is 2.39. The molecule has 0 aromatic heterocycles. The van der Waals surface area contributed by atoms with Crippen LogP contribution in [0, 0.1) is 5.92 Å². The van der Waals surface area contributed by atoms with Crippen LogP contribution in [0.25, 0.3) is 0 Å². The van der Waals surface area contributed by atoms with Gasteiger partial charge in [0.25, 0.3) is 0 Å². The predicted octanol–water partition coefficient (Wildman–Crippen LogP) is 3.99. The molecule has 0 saturated carbocycles. The summed E-state index contributed by atoms with van der Waals surface area (Å²) in [4.78, 5) is 2.40. The van der Waals surface area contributed by atoms with E-state index in [9.17, 15) is 0 Å². The molecule has 0 spiro atoms. The Kier molecular flexibility index (Phi) is 5.51. The fraction of sp³-hybridized carbons (Fsp3) is 0.429. The minimum absolute atomic E-state index is 0.0770. The maximum atomic E-state index is 6.32. The third kappa shape index (κ3) is 4.08. The zero-order valence-corrected chi connectivity index (χ0v) is 15.6. The van der Waals surface area contributed by atoms with Gasteiger partial charge in [0, 0.05) is 19.6 Å². The van der Waals surface area contributed by atoms with Crippen LogP contribution in [0.1, 0.15) is 12.8 Å². The molecule has 2 aromatic rings. The van der Waals surface area contributed by atoms with Gasteiger partial charge in [-0.15, -0.1) is 0 Å². The lowest BCUT2D eigenvalue weighted by molar-refractivity contribution is 0.0894. The lowest BCUT2D eigenvalue weighted by Gasteiger charge is -2.34. The van der Waals surface area contributed by atoms with Crippen molar-refractivity contribution in [1.82, 2.24) is 5.32 Å². The summed E-state index contributed by atoms with van der Waals surface area (Å²) in [5.41, 5.74) is 1.16. The first kappa shape index (κ1) is 17.5. The highest BCUT2D eigenvalue weighted by atomic mass is 35.5. The van der Waals surface area contributed by atoms with Crippen LogP contribution in [0.4, 0.5) is 5.69 Å². The van der Waals surface area contributed by atoms with Crippen LogP contribution < -0.4 is 19.7 Å². The number of nitrogens with zero attached hydrogens (tertiary/aromatic N) is 1. The molecule has 1 N–H and O–H groups in total. The Balaban J connectivity index is 1.20.